The Labute approximate surface area is 198 Å². The van der Waals surface area contributed by atoms with Crippen molar-refractivity contribution < 1.29 is 4.79 Å². The van der Waals surface area contributed by atoms with Crippen LogP contribution in [0.15, 0.2) is 66.9 Å². The molecule has 8 nitrogen and oxygen atoms in total. The van der Waals surface area contributed by atoms with Crippen molar-refractivity contribution in [1.82, 2.24) is 19.7 Å². The molecule has 0 atom stereocenters. The van der Waals surface area contributed by atoms with Crippen molar-refractivity contribution >= 4 is 29.0 Å². The van der Waals surface area contributed by atoms with Crippen LogP contribution < -0.4 is 15.5 Å². The second-order valence-corrected chi connectivity index (χ2v) is 8.43. The number of hydrogen-bond donors (Lipinski definition) is 2. The number of para-hydroxylation sites is 1. The van der Waals surface area contributed by atoms with Crippen LogP contribution in [0, 0.1) is 13.8 Å². The van der Waals surface area contributed by atoms with Crippen LogP contribution in [-0.4, -0.2) is 38.7 Å². The first-order valence-corrected chi connectivity index (χ1v) is 11.5. The maximum atomic E-state index is 12.9. The highest BCUT2D eigenvalue weighted by atomic mass is 16.1. The SMILES string of the molecule is Cc1cc(N2CCCC2)nc(Nc2ccc(NC(=O)c3cnn(-c4ccccc4)c3C)cc2)n1. The maximum absolute atomic E-state index is 12.9. The molecule has 2 N–H and O–H groups in total. The number of nitrogens with zero attached hydrogens (tertiary/aromatic N) is 5. The van der Waals surface area contributed by atoms with Crippen LogP contribution >= 0.6 is 0 Å². The molecule has 1 aliphatic heterocycles. The number of amides is 1. The van der Waals surface area contributed by atoms with Gasteiger partial charge in [-0.25, -0.2) is 9.67 Å². The lowest BCUT2D eigenvalue weighted by atomic mass is 10.2. The Hall–Kier alpha value is -4.20. The van der Waals surface area contributed by atoms with Gasteiger partial charge in [0.15, 0.2) is 0 Å². The van der Waals surface area contributed by atoms with Gasteiger partial charge in [-0.15, -0.1) is 0 Å². The number of nitrogens with one attached hydrogen (secondary N) is 2. The molecule has 34 heavy (non-hydrogen) atoms. The normalized spacial score (nSPS) is 13.2. The fourth-order valence-electron chi connectivity index (χ4n) is 4.14. The second kappa shape index (κ2) is 9.35. The van der Waals surface area contributed by atoms with Crippen LogP contribution in [0.25, 0.3) is 5.69 Å². The first-order valence-electron chi connectivity index (χ1n) is 11.5. The molecular formula is C26H27N7O. The molecule has 1 aliphatic rings. The van der Waals surface area contributed by atoms with Gasteiger partial charge >= 0.3 is 0 Å². The summed E-state index contributed by atoms with van der Waals surface area (Å²) >= 11 is 0. The Morgan fingerprint density at radius 2 is 1.62 bits per heavy atom. The molecule has 0 bridgehead atoms. The van der Waals surface area contributed by atoms with Crippen LogP contribution in [0.3, 0.4) is 0 Å². The fraction of sp³-hybridized carbons (Fsp3) is 0.231. The summed E-state index contributed by atoms with van der Waals surface area (Å²) in [5, 5.41) is 10.6. The first kappa shape index (κ1) is 21.6. The van der Waals surface area contributed by atoms with Crippen molar-refractivity contribution in [2.45, 2.75) is 26.7 Å². The average Bonchev–Trinajstić information content (AvgIpc) is 3.51. The number of carbonyl (C=O) groups excluding carboxylic acids is 1. The molecule has 0 spiro atoms. The lowest BCUT2D eigenvalue weighted by Gasteiger charge is -2.17. The Bertz CT molecular complexity index is 1290. The molecule has 1 saturated heterocycles. The van der Waals surface area contributed by atoms with Gasteiger partial charge in [-0.05, 0) is 63.1 Å². The lowest BCUT2D eigenvalue weighted by molar-refractivity contribution is 0.102. The molecule has 1 fully saturated rings. The number of aryl methyl sites for hydroxylation is 1. The molecule has 8 heteroatoms. The predicted octanol–water partition coefficient (Wildman–Crippen LogP) is 4.88. The summed E-state index contributed by atoms with van der Waals surface area (Å²) in [4.78, 5) is 24.3. The van der Waals surface area contributed by atoms with Gasteiger partial charge in [0.05, 0.1) is 23.1 Å². The van der Waals surface area contributed by atoms with Crippen LogP contribution in [0.1, 0.15) is 34.6 Å². The van der Waals surface area contributed by atoms with E-state index < -0.39 is 0 Å². The highest BCUT2D eigenvalue weighted by molar-refractivity contribution is 6.05. The maximum Gasteiger partial charge on any atom is 0.259 e. The number of aromatic nitrogens is 4. The molecule has 1 amide bonds. The summed E-state index contributed by atoms with van der Waals surface area (Å²) in [5.74, 6) is 1.34. The Morgan fingerprint density at radius 3 is 2.35 bits per heavy atom. The van der Waals surface area contributed by atoms with E-state index in [0.717, 1.165) is 41.7 Å². The summed E-state index contributed by atoms with van der Waals surface area (Å²) in [5.41, 5.74) is 4.71. The van der Waals surface area contributed by atoms with E-state index in [0.29, 0.717) is 17.2 Å². The van der Waals surface area contributed by atoms with E-state index >= 15 is 0 Å². The third-order valence-electron chi connectivity index (χ3n) is 5.92. The minimum absolute atomic E-state index is 0.197. The summed E-state index contributed by atoms with van der Waals surface area (Å²) in [6.45, 7) is 5.94. The van der Waals surface area contributed by atoms with Crippen molar-refractivity contribution in [1.29, 1.82) is 0 Å². The number of benzene rings is 2. The van der Waals surface area contributed by atoms with Crippen LogP contribution in [-0.2, 0) is 0 Å². The number of rotatable bonds is 6. The van der Waals surface area contributed by atoms with Gasteiger partial charge in [-0.3, -0.25) is 4.79 Å². The number of carbonyl (C=O) groups is 1. The summed E-state index contributed by atoms with van der Waals surface area (Å²) in [6, 6.07) is 19.3. The predicted molar refractivity (Wildman–Crippen MR) is 134 cm³/mol. The first-order chi connectivity index (χ1) is 16.6. The summed E-state index contributed by atoms with van der Waals surface area (Å²) in [7, 11) is 0. The zero-order chi connectivity index (χ0) is 23.5. The van der Waals surface area contributed by atoms with E-state index in [1.165, 1.54) is 12.8 Å². The number of hydrogen-bond acceptors (Lipinski definition) is 6. The van der Waals surface area contributed by atoms with Gasteiger partial charge in [0, 0.05) is 36.2 Å². The van der Waals surface area contributed by atoms with Crippen molar-refractivity contribution in [3.63, 3.8) is 0 Å². The van der Waals surface area contributed by atoms with Gasteiger partial charge in [0.25, 0.3) is 5.91 Å². The smallest absolute Gasteiger partial charge is 0.259 e. The summed E-state index contributed by atoms with van der Waals surface area (Å²) < 4.78 is 1.76. The second-order valence-electron chi connectivity index (χ2n) is 8.43. The number of anilines is 4. The topological polar surface area (TPSA) is 88.0 Å². The summed E-state index contributed by atoms with van der Waals surface area (Å²) in [6.07, 6.45) is 4.00. The van der Waals surface area contributed by atoms with Crippen LogP contribution in [0.2, 0.25) is 0 Å². The standard InChI is InChI=1S/C26H27N7O/c1-18-16-24(32-14-6-7-15-32)31-26(28-18)30-21-12-10-20(11-13-21)29-25(34)23-17-27-33(19(23)2)22-8-4-3-5-9-22/h3-5,8-13,16-17H,6-7,14-15H2,1-2H3,(H,29,34)(H,28,30,31). The zero-order valence-corrected chi connectivity index (χ0v) is 19.3. The zero-order valence-electron chi connectivity index (χ0n) is 19.3. The van der Waals surface area contributed by atoms with Crippen LogP contribution in [0.4, 0.5) is 23.1 Å². The molecule has 0 saturated carbocycles. The van der Waals surface area contributed by atoms with E-state index in [2.05, 4.69) is 30.6 Å². The molecule has 5 rings (SSSR count). The molecular weight excluding hydrogens is 426 g/mol. The highest BCUT2D eigenvalue weighted by Gasteiger charge is 2.16. The minimum atomic E-state index is -0.197. The van der Waals surface area contributed by atoms with E-state index in [9.17, 15) is 4.79 Å². The van der Waals surface area contributed by atoms with E-state index in [4.69, 9.17) is 0 Å². The van der Waals surface area contributed by atoms with Crippen molar-refractivity contribution in [2.24, 2.45) is 0 Å². The Kier molecular flexibility index (Phi) is 5.95. The van der Waals surface area contributed by atoms with E-state index in [1.807, 2.05) is 74.5 Å². The molecule has 0 unspecified atom stereocenters. The fourth-order valence-corrected chi connectivity index (χ4v) is 4.14. The van der Waals surface area contributed by atoms with E-state index in [1.54, 1.807) is 10.9 Å². The van der Waals surface area contributed by atoms with Crippen molar-refractivity contribution in [3.8, 4) is 5.69 Å². The molecule has 0 aliphatic carbocycles. The average molecular weight is 454 g/mol. The molecule has 2 aromatic carbocycles. The molecule has 2 aromatic heterocycles. The molecule has 4 aromatic rings. The lowest BCUT2D eigenvalue weighted by Crippen LogP contribution is -2.19. The minimum Gasteiger partial charge on any atom is -0.356 e. The highest BCUT2D eigenvalue weighted by Crippen LogP contribution is 2.23. The van der Waals surface area contributed by atoms with Crippen molar-refractivity contribution in [3.05, 3.63) is 83.8 Å². The quantitative estimate of drug-likeness (QED) is 0.433. The Balaban J connectivity index is 1.26. The third kappa shape index (κ3) is 4.61. The van der Waals surface area contributed by atoms with Crippen molar-refractivity contribution in [2.75, 3.05) is 28.6 Å². The van der Waals surface area contributed by atoms with Gasteiger partial charge in [-0.1, -0.05) is 18.2 Å². The molecule has 3 heterocycles. The van der Waals surface area contributed by atoms with E-state index in [-0.39, 0.29) is 5.91 Å². The largest absolute Gasteiger partial charge is 0.356 e. The Morgan fingerprint density at radius 1 is 0.912 bits per heavy atom. The van der Waals surface area contributed by atoms with Gasteiger partial charge in [0.1, 0.15) is 5.82 Å². The van der Waals surface area contributed by atoms with Gasteiger partial charge in [0.2, 0.25) is 5.95 Å². The van der Waals surface area contributed by atoms with Crippen LogP contribution in [0.5, 0.6) is 0 Å². The monoisotopic (exact) mass is 453 g/mol. The van der Waals surface area contributed by atoms with Gasteiger partial charge < -0.3 is 15.5 Å². The van der Waals surface area contributed by atoms with Gasteiger partial charge in [-0.2, -0.15) is 10.1 Å². The molecule has 172 valence electrons. The third-order valence-corrected chi connectivity index (χ3v) is 5.92. The molecule has 0 radical (unpaired) electrons.